The van der Waals surface area contributed by atoms with Gasteiger partial charge in [0.05, 0.1) is 24.1 Å². The van der Waals surface area contributed by atoms with Crippen LogP contribution in [0, 0.1) is 13.8 Å². The van der Waals surface area contributed by atoms with E-state index in [1.807, 2.05) is 26.0 Å². The largest absolute Gasteiger partial charge is 0.356 e. The van der Waals surface area contributed by atoms with Crippen LogP contribution in [0.5, 0.6) is 0 Å². The second-order valence-corrected chi connectivity index (χ2v) is 8.80. The minimum Gasteiger partial charge on any atom is -0.356 e. The molecule has 0 aliphatic carbocycles. The molecule has 5 rings (SSSR count). The summed E-state index contributed by atoms with van der Waals surface area (Å²) in [5.74, 6) is -0.928. The molecular formula is C23H18N4O4S. The Morgan fingerprint density at radius 1 is 1.12 bits per heavy atom. The van der Waals surface area contributed by atoms with Crippen LogP contribution in [0.3, 0.4) is 0 Å². The number of hydrogen-bond donors (Lipinski definition) is 1. The molecule has 0 atom stereocenters. The lowest BCUT2D eigenvalue weighted by molar-refractivity contribution is -0.115. The van der Waals surface area contributed by atoms with Crippen molar-refractivity contribution in [2.75, 3.05) is 5.32 Å². The van der Waals surface area contributed by atoms with Crippen LogP contribution in [-0.4, -0.2) is 32.8 Å². The molecule has 1 aliphatic heterocycles. The van der Waals surface area contributed by atoms with E-state index in [1.165, 1.54) is 16.2 Å². The summed E-state index contributed by atoms with van der Waals surface area (Å²) in [6, 6.07) is 10.7. The smallest absolute Gasteiger partial charge is 0.261 e. The Kier molecular flexibility index (Phi) is 4.82. The van der Waals surface area contributed by atoms with Crippen molar-refractivity contribution in [1.29, 1.82) is 0 Å². The van der Waals surface area contributed by atoms with Crippen molar-refractivity contribution in [3.63, 3.8) is 0 Å². The van der Waals surface area contributed by atoms with E-state index in [-0.39, 0.29) is 30.7 Å². The third-order valence-electron chi connectivity index (χ3n) is 5.31. The molecule has 2 aromatic carbocycles. The molecule has 9 heteroatoms. The van der Waals surface area contributed by atoms with Gasteiger partial charge in [0.15, 0.2) is 10.7 Å². The number of thiazole rings is 1. The van der Waals surface area contributed by atoms with Gasteiger partial charge in [0.25, 0.3) is 11.8 Å². The predicted octanol–water partition coefficient (Wildman–Crippen LogP) is 3.88. The van der Waals surface area contributed by atoms with E-state index in [1.54, 1.807) is 30.5 Å². The normalized spacial score (nSPS) is 13.1. The molecule has 0 unspecified atom stereocenters. The second-order valence-electron chi connectivity index (χ2n) is 7.68. The predicted molar refractivity (Wildman–Crippen MR) is 119 cm³/mol. The van der Waals surface area contributed by atoms with Gasteiger partial charge < -0.3 is 9.84 Å². The van der Waals surface area contributed by atoms with E-state index in [0.29, 0.717) is 32.4 Å². The van der Waals surface area contributed by atoms with Gasteiger partial charge in [-0.2, -0.15) is 0 Å². The molecule has 2 aromatic heterocycles. The maximum atomic E-state index is 12.6. The summed E-state index contributed by atoms with van der Waals surface area (Å²) in [4.78, 5) is 43.7. The number of carbonyl (C=O) groups is 3. The van der Waals surface area contributed by atoms with Crippen molar-refractivity contribution in [2.45, 2.75) is 26.8 Å². The quantitative estimate of drug-likeness (QED) is 0.467. The van der Waals surface area contributed by atoms with Crippen molar-refractivity contribution in [3.8, 4) is 0 Å². The van der Waals surface area contributed by atoms with Gasteiger partial charge in [-0.3, -0.25) is 19.3 Å². The van der Waals surface area contributed by atoms with E-state index in [0.717, 1.165) is 16.5 Å². The number of nitrogens with zero attached hydrogens (tertiary/aromatic N) is 3. The third kappa shape index (κ3) is 3.46. The van der Waals surface area contributed by atoms with Gasteiger partial charge in [-0.25, -0.2) is 4.98 Å². The van der Waals surface area contributed by atoms with Gasteiger partial charge in [-0.15, -0.1) is 0 Å². The first-order valence-corrected chi connectivity index (χ1v) is 10.8. The Labute approximate surface area is 186 Å². The first-order chi connectivity index (χ1) is 15.4. The van der Waals surface area contributed by atoms with Crippen molar-refractivity contribution in [3.05, 3.63) is 75.4 Å². The Bertz CT molecular complexity index is 1370. The monoisotopic (exact) mass is 446 g/mol. The van der Waals surface area contributed by atoms with Gasteiger partial charge in [-0.05, 0) is 43.2 Å². The number of carbonyl (C=O) groups excluding carboxylic acids is 3. The molecule has 32 heavy (non-hydrogen) atoms. The Morgan fingerprint density at radius 2 is 1.84 bits per heavy atom. The molecule has 1 N–H and O–H groups in total. The number of amides is 3. The third-order valence-corrected chi connectivity index (χ3v) is 6.20. The summed E-state index contributed by atoms with van der Waals surface area (Å²) in [6.45, 7) is 4.04. The van der Waals surface area contributed by atoms with Crippen LogP contribution in [0.4, 0.5) is 5.13 Å². The highest BCUT2D eigenvalue weighted by Crippen LogP contribution is 2.28. The van der Waals surface area contributed by atoms with Crippen molar-refractivity contribution >= 4 is 45.2 Å². The summed E-state index contributed by atoms with van der Waals surface area (Å²) in [6.07, 6.45) is 1.60. The highest BCUT2D eigenvalue weighted by atomic mass is 32.1. The van der Waals surface area contributed by atoms with Gasteiger partial charge in [-0.1, -0.05) is 34.7 Å². The first kappa shape index (κ1) is 20.1. The number of imide groups is 1. The molecular weight excluding hydrogens is 428 g/mol. The Morgan fingerprint density at radius 3 is 2.56 bits per heavy atom. The van der Waals surface area contributed by atoms with Crippen molar-refractivity contribution in [2.24, 2.45) is 0 Å². The molecule has 0 saturated heterocycles. The summed E-state index contributed by atoms with van der Waals surface area (Å²) in [7, 11) is 0. The highest BCUT2D eigenvalue weighted by molar-refractivity contribution is 7.15. The van der Waals surface area contributed by atoms with Crippen LogP contribution >= 0.6 is 11.3 Å². The number of aryl methyl sites for hydroxylation is 2. The molecule has 4 aromatic rings. The number of rotatable bonds is 5. The summed E-state index contributed by atoms with van der Waals surface area (Å²) in [5.41, 5.74) is 4.10. The molecule has 0 fully saturated rings. The molecule has 3 heterocycles. The second kappa shape index (κ2) is 7.69. The van der Waals surface area contributed by atoms with Crippen LogP contribution in [0.1, 0.15) is 42.4 Å². The van der Waals surface area contributed by atoms with Gasteiger partial charge in [0.1, 0.15) is 5.69 Å². The van der Waals surface area contributed by atoms with Gasteiger partial charge in [0, 0.05) is 16.5 Å². The Balaban J connectivity index is 1.27. The molecule has 0 saturated carbocycles. The number of fused-ring (bicyclic) bond motifs is 2. The molecule has 0 bridgehead atoms. The lowest BCUT2D eigenvalue weighted by Gasteiger charge is -2.11. The minimum absolute atomic E-state index is 0.0459. The zero-order valence-electron chi connectivity index (χ0n) is 17.3. The average Bonchev–Trinajstić information content (AvgIpc) is 3.43. The van der Waals surface area contributed by atoms with Crippen LogP contribution in [0.25, 0.3) is 11.0 Å². The van der Waals surface area contributed by atoms with Crippen LogP contribution in [-0.2, 0) is 17.8 Å². The van der Waals surface area contributed by atoms with E-state index in [9.17, 15) is 14.4 Å². The number of aromatic nitrogens is 2. The Hall–Kier alpha value is -3.85. The minimum atomic E-state index is -0.326. The zero-order chi connectivity index (χ0) is 22.4. The van der Waals surface area contributed by atoms with E-state index < -0.39 is 0 Å². The SMILES string of the molecule is Cc1cc(C)c2c(CC(=O)Nc3ncc(CN4C(=O)c5ccccc5C4=O)s3)noc2c1. The van der Waals surface area contributed by atoms with Crippen molar-refractivity contribution < 1.29 is 18.9 Å². The fourth-order valence-corrected chi connectivity index (χ4v) is 4.75. The molecule has 8 nitrogen and oxygen atoms in total. The van der Waals surface area contributed by atoms with Crippen LogP contribution in [0.2, 0.25) is 0 Å². The lowest BCUT2D eigenvalue weighted by Crippen LogP contribution is -2.28. The van der Waals surface area contributed by atoms with Crippen LogP contribution in [0.15, 0.2) is 47.1 Å². The van der Waals surface area contributed by atoms with Gasteiger partial charge in [0.2, 0.25) is 5.91 Å². The average molecular weight is 446 g/mol. The molecule has 0 radical (unpaired) electrons. The van der Waals surface area contributed by atoms with Crippen LogP contribution < -0.4 is 5.32 Å². The standard InChI is InChI=1S/C23H18N4O4S/c1-12-7-13(2)20-17(26-31-18(20)8-12)9-19(28)25-23-24-10-14(32-23)11-27-21(29)15-5-3-4-6-16(15)22(27)30/h3-8,10H,9,11H2,1-2H3,(H,24,25,28). The highest BCUT2D eigenvalue weighted by Gasteiger charge is 2.35. The number of anilines is 1. The van der Waals surface area contributed by atoms with E-state index >= 15 is 0 Å². The topological polar surface area (TPSA) is 105 Å². The number of nitrogens with one attached hydrogen (secondary N) is 1. The molecule has 160 valence electrons. The summed E-state index contributed by atoms with van der Waals surface area (Å²) < 4.78 is 5.37. The molecule has 0 spiro atoms. The first-order valence-electron chi connectivity index (χ1n) is 9.96. The maximum Gasteiger partial charge on any atom is 0.261 e. The van der Waals surface area contributed by atoms with Gasteiger partial charge >= 0.3 is 0 Å². The fourth-order valence-electron chi connectivity index (χ4n) is 3.93. The fraction of sp³-hybridized carbons (Fsp3) is 0.174. The van der Waals surface area contributed by atoms with Crippen molar-refractivity contribution in [1.82, 2.24) is 15.0 Å². The summed E-state index contributed by atoms with van der Waals surface area (Å²) >= 11 is 1.22. The van der Waals surface area contributed by atoms with E-state index in [4.69, 9.17) is 4.52 Å². The number of benzene rings is 2. The molecule has 1 aliphatic rings. The number of hydrogen-bond acceptors (Lipinski definition) is 7. The maximum absolute atomic E-state index is 12.6. The molecule has 3 amide bonds. The van der Waals surface area contributed by atoms with E-state index in [2.05, 4.69) is 15.5 Å². The summed E-state index contributed by atoms with van der Waals surface area (Å²) in [5, 5.41) is 8.05. The lowest BCUT2D eigenvalue weighted by atomic mass is 10.0. The zero-order valence-corrected chi connectivity index (χ0v) is 18.2.